The molecule has 1 heterocycles. The van der Waals surface area contributed by atoms with Crippen LogP contribution in [-0.2, 0) is 0 Å². The lowest BCUT2D eigenvalue weighted by atomic mass is 10.3. The summed E-state index contributed by atoms with van der Waals surface area (Å²) in [6, 6.07) is 3.58. The van der Waals surface area contributed by atoms with Crippen molar-refractivity contribution >= 4 is 5.69 Å². The Balaban J connectivity index is 2.38. The second kappa shape index (κ2) is 4.32. The van der Waals surface area contributed by atoms with E-state index in [9.17, 15) is 8.78 Å². The van der Waals surface area contributed by atoms with Gasteiger partial charge in [-0.15, -0.1) is 0 Å². The molecule has 2 aromatic rings. The molecule has 0 saturated heterocycles. The lowest BCUT2D eigenvalue weighted by Gasteiger charge is -2.08. The Labute approximate surface area is 96.1 Å². The number of halogens is 2. The summed E-state index contributed by atoms with van der Waals surface area (Å²) in [6.07, 6.45) is 1.16. The molecule has 4 nitrogen and oxygen atoms in total. The van der Waals surface area contributed by atoms with Gasteiger partial charge in [0, 0.05) is 6.07 Å². The molecular formula is C11H9F2N3O. The van der Waals surface area contributed by atoms with Crippen LogP contribution in [0, 0.1) is 18.6 Å². The smallest absolute Gasteiger partial charge is 0.259 e. The molecule has 0 amide bonds. The largest absolute Gasteiger partial charge is 0.434 e. The Hall–Kier alpha value is -2.24. The van der Waals surface area contributed by atoms with Gasteiger partial charge in [0.2, 0.25) is 5.82 Å². The van der Waals surface area contributed by atoms with Crippen LogP contribution in [0.2, 0.25) is 0 Å². The van der Waals surface area contributed by atoms with Crippen LogP contribution in [0.15, 0.2) is 24.5 Å². The van der Waals surface area contributed by atoms with Gasteiger partial charge < -0.3 is 10.5 Å². The highest BCUT2D eigenvalue weighted by Gasteiger charge is 2.12. The van der Waals surface area contributed by atoms with Crippen molar-refractivity contribution in [2.24, 2.45) is 0 Å². The molecule has 17 heavy (non-hydrogen) atoms. The summed E-state index contributed by atoms with van der Waals surface area (Å²) in [4.78, 5) is 7.27. The first-order chi connectivity index (χ1) is 8.08. The fourth-order valence-electron chi connectivity index (χ4n) is 1.21. The number of benzene rings is 1. The Morgan fingerprint density at radius 2 is 2.00 bits per heavy atom. The fourth-order valence-corrected chi connectivity index (χ4v) is 1.21. The van der Waals surface area contributed by atoms with Gasteiger partial charge in [-0.3, -0.25) is 0 Å². The SMILES string of the molecule is Cc1ncnc(Oc2cc(F)ccc2N)c1F. The molecule has 0 aliphatic heterocycles. The molecule has 0 bridgehead atoms. The summed E-state index contributed by atoms with van der Waals surface area (Å²) in [5, 5.41) is 0. The summed E-state index contributed by atoms with van der Waals surface area (Å²) in [5.41, 5.74) is 5.91. The standard InChI is InChI=1S/C11H9F2N3O/c1-6-10(13)11(16-5-15-6)17-9-4-7(12)2-3-8(9)14/h2-5H,14H2,1H3. The molecule has 0 radical (unpaired) electrons. The third-order valence-corrected chi connectivity index (χ3v) is 2.11. The molecule has 2 rings (SSSR count). The first-order valence-electron chi connectivity index (χ1n) is 4.78. The average Bonchev–Trinajstić information content (AvgIpc) is 2.30. The van der Waals surface area contributed by atoms with E-state index in [0.717, 1.165) is 12.4 Å². The van der Waals surface area contributed by atoms with Gasteiger partial charge >= 0.3 is 0 Å². The zero-order valence-corrected chi connectivity index (χ0v) is 8.95. The van der Waals surface area contributed by atoms with Gasteiger partial charge in [-0.2, -0.15) is 9.37 Å². The van der Waals surface area contributed by atoms with Crippen molar-refractivity contribution < 1.29 is 13.5 Å². The molecule has 0 saturated carbocycles. The predicted molar refractivity (Wildman–Crippen MR) is 57.6 cm³/mol. The molecule has 2 N–H and O–H groups in total. The number of ether oxygens (including phenoxy) is 1. The van der Waals surface area contributed by atoms with Crippen LogP contribution in [0.4, 0.5) is 14.5 Å². The zero-order chi connectivity index (χ0) is 12.4. The first-order valence-corrected chi connectivity index (χ1v) is 4.78. The van der Waals surface area contributed by atoms with E-state index in [-0.39, 0.29) is 23.0 Å². The van der Waals surface area contributed by atoms with E-state index in [1.807, 2.05) is 0 Å². The number of hydrogen-bond donors (Lipinski definition) is 1. The van der Waals surface area contributed by atoms with E-state index in [1.165, 1.54) is 19.1 Å². The normalized spacial score (nSPS) is 10.3. The Morgan fingerprint density at radius 1 is 1.24 bits per heavy atom. The summed E-state index contributed by atoms with van der Waals surface area (Å²) in [6.45, 7) is 1.47. The Morgan fingerprint density at radius 3 is 2.76 bits per heavy atom. The predicted octanol–water partition coefficient (Wildman–Crippen LogP) is 2.44. The van der Waals surface area contributed by atoms with Gasteiger partial charge in [0.25, 0.3) is 5.88 Å². The third kappa shape index (κ3) is 2.30. The maximum absolute atomic E-state index is 13.5. The molecule has 0 atom stereocenters. The summed E-state index contributed by atoms with van der Waals surface area (Å²) in [5.74, 6) is -1.49. The van der Waals surface area contributed by atoms with Crippen LogP contribution >= 0.6 is 0 Å². The summed E-state index contributed by atoms with van der Waals surface area (Å²) < 4.78 is 31.6. The topological polar surface area (TPSA) is 61.0 Å². The fraction of sp³-hybridized carbons (Fsp3) is 0.0909. The molecule has 0 spiro atoms. The highest BCUT2D eigenvalue weighted by molar-refractivity contribution is 5.53. The second-order valence-corrected chi connectivity index (χ2v) is 3.36. The number of aryl methyl sites for hydroxylation is 1. The van der Waals surface area contributed by atoms with Crippen molar-refractivity contribution in [2.45, 2.75) is 6.92 Å². The van der Waals surface area contributed by atoms with Crippen LogP contribution in [0.1, 0.15) is 5.69 Å². The van der Waals surface area contributed by atoms with Crippen LogP contribution in [0.3, 0.4) is 0 Å². The zero-order valence-electron chi connectivity index (χ0n) is 8.95. The minimum absolute atomic E-state index is 0.0157. The summed E-state index contributed by atoms with van der Waals surface area (Å²) >= 11 is 0. The number of nitrogen functional groups attached to an aromatic ring is 1. The van der Waals surface area contributed by atoms with E-state index in [2.05, 4.69) is 9.97 Å². The average molecular weight is 237 g/mol. The van der Waals surface area contributed by atoms with Gasteiger partial charge in [-0.05, 0) is 19.1 Å². The van der Waals surface area contributed by atoms with Crippen molar-refractivity contribution in [3.05, 3.63) is 41.9 Å². The number of anilines is 1. The molecule has 88 valence electrons. The first kappa shape index (κ1) is 11.3. The van der Waals surface area contributed by atoms with Crippen LogP contribution < -0.4 is 10.5 Å². The van der Waals surface area contributed by atoms with E-state index < -0.39 is 11.6 Å². The van der Waals surface area contributed by atoms with Crippen molar-refractivity contribution in [1.82, 2.24) is 9.97 Å². The van der Waals surface area contributed by atoms with E-state index in [1.54, 1.807) is 0 Å². The molecule has 0 aliphatic carbocycles. The van der Waals surface area contributed by atoms with Crippen LogP contribution in [0.25, 0.3) is 0 Å². The van der Waals surface area contributed by atoms with E-state index in [0.29, 0.717) is 0 Å². The van der Waals surface area contributed by atoms with Crippen molar-refractivity contribution in [1.29, 1.82) is 0 Å². The lowest BCUT2D eigenvalue weighted by Crippen LogP contribution is -1.99. The minimum atomic E-state index is -0.698. The Bertz CT molecular complexity index is 560. The van der Waals surface area contributed by atoms with Gasteiger partial charge in [-0.25, -0.2) is 9.37 Å². The maximum Gasteiger partial charge on any atom is 0.259 e. The van der Waals surface area contributed by atoms with Crippen LogP contribution in [-0.4, -0.2) is 9.97 Å². The van der Waals surface area contributed by atoms with E-state index in [4.69, 9.17) is 10.5 Å². The number of nitrogens with two attached hydrogens (primary N) is 1. The number of aromatic nitrogens is 2. The number of rotatable bonds is 2. The van der Waals surface area contributed by atoms with Crippen LogP contribution in [0.5, 0.6) is 11.6 Å². The highest BCUT2D eigenvalue weighted by Crippen LogP contribution is 2.28. The monoisotopic (exact) mass is 237 g/mol. The molecule has 0 aliphatic rings. The molecule has 0 unspecified atom stereocenters. The molecule has 1 aromatic heterocycles. The third-order valence-electron chi connectivity index (χ3n) is 2.11. The Kier molecular flexibility index (Phi) is 2.86. The van der Waals surface area contributed by atoms with Gasteiger partial charge in [-0.1, -0.05) is 0 Å². The van der Waals surface area contributed by atoms with Crippen molar-refractivity contribution in [3.8, 4) is 11.6 Å². The van der Waals surface area contributed by atoms with Gasteiger partial charge in [0.1, 0.15) is 12.1 Å². The minimum Gasteiger partial charge on any atom is -0.434 e. The summed E-state index contributed by atoms with van der Waals surface area (Å²) in [7, 11) is 0. The second-order valence-electron chi connectivity index (χ2n) is 3.36. The molecular weight excluding hydrogens is 228 g/mol. The quantitative estimate of drug-likeness (QED) is 0.815. The van der Waals surface area contributed by atoms with Crippen molar-refractivity contribution in [3.63, 3.8) is 0 Å². The highest BCUT2D eigenvalue weighted by atomic mass is 19.1. The number of nitrogens with zero attached hydrogens (tertiary/aromatic N) is 2. The number of hydrogen-bond acceptors (Lipinski definition) is 4. The maximum atomic E-state index is 13.5. The van der Waals surface area contributed by atoms with Gasteiger partial charge in [0.15, 0.2) is 5.75 Å². The lowest BCUT2D eigenvalue weighted by molar-refractivity contribution is 0.416. The van der Waals surface area contributed by atoms with Crippen molar-refractivity contribution in [2.75, 3.05) is 5.73 Å². The molecule has 0 fully saturated rings. The van der Waals surface area contributed by atoms with E-state index >= 15 is 0 Å². The molecule has 6 heteroatoms. The van der Waals surface area contributed by atoms with Gasteiger partial charge in [0.05, 0.1) is 11.4 Å². The molecule has 1 aromatic carbocycles.